The molecule has 0 radical (unpaired) electrons. The van der Waals surface area contributed by atoms with Gasteiger partial charge in [0.05, 0.1) is 18.1 Å². The summed E-state index contributed by atoms with van der Waals surface area (Å²) in [5.41, 5.74) is -0.573. The first-order valence-electron chi connectivity index (χ1n) is 11.2. The normalized spacial score (nSPS) is 15.4. The lowest BCUT2D eigenvalue weighted by Crippen LogP contribution is -2.49. The van der Waals surface area contributed by atoms with E-state index in [4.69, 9.17) is 4.42 Å². The van der Waals surface area contributed by atoms with E-state index in [0.29, 0.717) is 5.69 Å². The molecule has 1 aliphatic rings. The van der Waals surface area contributed by atoms with Crippen molar-refractivity contribution in [3.8, 4) is 11.5 Å². The molecule has 0 aliphatic carbocycles. The van der Waals surface area contributed by atoms with Crippen LogP contribution < -0.4 is 20.7 Å². The van der Waals surface area contributed by atoms with Crippen LogP contribution in [0.2, 0.25) is 0 Å². The van der Waals surface area contributed by atoms with Crippen LogP contribution in [0.15, 0.2) is 62.5 Å². The van der Waals surface area contributed by atoms with Crippen molar-refractivity contribution in [1.29, 1.82) is 0 Å². The minimum atomic E-state index is -3.22. The molecule has 1 aliphatic heterocycles. The molecule has 0 spiro atoms. The molecule has 1 saturated heterocycles. The first kappa shape index (κ1) is 24.7. The second kappa shape index (κ2) is 9.47. The number of nitrogens with zero attached hydrogens (tertiary/aromatic N) is 4. The first-order chi connectivity index (χ1) is 17.6. The third-order valence-electron chi connectivity index (χ3n) is 6.11. The van der Waals surface area contributed by atoms with E-state index in [9.17, 15) is 26.8 Å². The van der Waals surface area contributed by atoms with E-state index in [2.05, 4.69) is 10.2 Å². The summed E-state index contributed by atoms with van der Waals surface area (Å²) in [6.07, 6.45) is -2.96. The average molecular weight is 533 g/mol. The maximum absolute atomic E-state index is 15.2. The maximum atomic E-state index is 15.2. The average Bonchev–Trinajstić information content (AvgIpc) is 3.38. The standard InChI is InChI=1S/C24H19F3N4O5S/c25-17-12-14(23-28-29-24(36-23)22(26)27)6-7-15(17)13-31(16-4-2-1-3-5-16)19-18(20(32)21(19)33)30-8-10-37(34,35)11-9-30/h1-7,12,22H,8-11,13H2. The molecule has 0 bridgehead atoms. The Morgan fingerprint density at radius 3 is 2.32 bits per heavy atom. The SMILES string of the molecule is O=c1c(N2CCS(=O)(=O)CC2)c(N(Cc2ccc(-c3nnc(C(F)F)o3)cc2F)c2ccccc2)c1=O. The summed E-state index contributed by atoms with van der Waals surface area (Å²) in [5.74, 6) is -2.16. The van der Waals surface area contributed by atoms with Gasteiger partial charge in [0.15, 0.2) is 9.84 Å². The Kier molecular flexibility index (Phi) is 6.31. The summed E-state index contributed by atoms with van der Waals surface area (Å²) in [4.78, 5) is 28.4. The zero-order chi connectivity index (χ0) is 26.3. The Bertz CT molecular complexity index is 1620. The van der Waals surface area contributed by atoms with Crippen LogP contribution in [0.25, 0.3) is 11.5 Å². The Hall–Kier alpha value is -4.00. The number of aromatic nitrogens is 2. The predicted molar refractivity (Wildman–Crippen MR) is 129 cm³/mol. The van der Waals surface area contributed by atoms with Crippen LogP contribution in [-0.2, 0) is 16.4 Å². The van der Waals surface area contributed by atoms with Gasteiger partial charge < -0.3 is 14.2 Å². The minimum absolute atomic E-state index is 0.0532. The van der Waals surface area contributed by atoms with Gasteiger partial charge in [-0.2, -0.15) is 8.78 Å². The van der Waals surface area contributed by atoms with E-state index < -0.39 is 38.8 Å². The van der Waals surface area contributed by atoms with Gasteiger partial charge in [-0.1, -0.05) is 24.3 Å². The smallest absolute Gasteiger partial charge is 0.314 e. The summed E-state index contributed by atoms with van der Waals surface area (Å²) in [6, 6.07) is 12.4. The van der Waals surface area contributed by atoms with Crippen LogP contribution in [0.4, 0.5) is 30.2 Å². The van der Waals surface area contributed by atoms with Crippen molar-refractivity contribution in [2.24, 2.45) is 0 Å². The third kappa shape index (κ3) is 4.73. The molecule has 1 fully saturated rings. The number of sulfone groups is 1. The highest BCUT2D eigenvalue weighted by atomic mass is 32.2. The largest absolute Gasteiger partial charge is 0.415 e. The summed E-state index contributed by atoms with van der Waals surface area (Å²) in [7, 11) is -3.22. The van der Waals surface area contributed by atoms with E-state index in [-0.39, 0.29) is 59.5 Å². The third-order valence-corrected chi connectivity index (χ3v) is 7.72. The number of hydrogen-bond acceptors (Lipinski definition) is 9. The number of para-hydroxylation sites is 1. The van der Waals surface area contributed by atoms with Crippen LogP contribution in [0.1, 0.15) is 17.9 Å². The molecule has 0 unspecified atom stereocenters. The summed E-state index contributed by atoms with van der Waals surface area (Å²) < 4.78 is 69.3. The quantitative estimate of drug-likeness (QED) is 0.332. The Morgan fingerprint density at radius 2 is 1.70 bits per heavy atom. The summed E-state index contributed by atoms with van der Waals surface area (Å²) in [5, 5.41) is 6.75. The highest BCUT2D eigenvalue weighted by Crippen LogP contribution is 2.34. The van der Waals surface area contributed by atoms with Crippen molar-refractivity contribution in [3.63, 3.8) is 0 Å². The van der Waals surface area contributed by atoms with Crippen molar-refractivity contribution < 1.29 is 26.0 Å². The molecule has 37 heavy (non-hydrogen) atoms. The fourth-order valence-corrected chi connectivity index (χ4v) is 5.37. The van der Waals surface area contributed by atoms with Crippen LogP contribution in [0.3, 0.4) is 0 Å². The monoisotopic (exact) mass is 532 g/mol. The summed E-state index contributed by atoms with van der Waals surface area (Å²) >= 11 is 0. The van der Waals surface area contributed by atoms with Crippen LogP contribution in [0.5, 0.6) is 0 Å². The van der Waals surface area contributed by atoms with E-state index in [0.717, 1.165) is 6.07 Å². The van der Waals surface area contributed by atoms with Crippen LogP contribution in [0, 0.1) is 5.82 Å². The molecule has 4 aromatic rings. The van der Waals surface area contributed by atoms with E-state index >= 15 is 4.39 Å². The van der Waals surface area contributed by atoms with Gasteiger partial charge in [0.25, 0.3) is 16.7 Å². The fourth-order valence-electron chi connectivity index (χ4n) is 4.17. The van der Waals surface area contributed by atoms with Crippen molar-refractivity contribution in [3.05, 3.63) is 86.2 Å². The van der Waals surface area contributed by atoms with E-state index in [1.54, 1.807) is 35.2 Å². The van der Waals surface area contributed by atoms with Gasteiger partial charge in [-0.05, 0) is 24.3 Å². The van der Waals surface area contributed by atoms with Crippen LogP contribution >= 0.6 is 0 Å². The fraction of sp³-hybridized carbons (Fsp3) is 0.250. The molecule has 5 rings (SSSR count). The second-order valence-corrected chi connectivity index (χ2v) is 10.8. The van der Waals surface area contributed by atoms with Crippen molar-refractivity contribution >= 4 is 26.9 Å². The molecule has 192 valence electrons. The highest BCUT2D eigenvalue weighted by Gasteiger charge is 2.34. The topological polar surface area (TPSA) is 114 Å². The second-order valence-electron chi connectivity index (χ2n) is 8.47. The maximum Gasteiger partial charge on any atom is 0.314 e. The number of hydrogen-bond donors (Lipinski definition) is 0. The van der Waals surface area contributed by atoms with Gasteiger partial charge in [0.1, 0.15) is 17.2 Å². The first-order valence-corrected chi connectivity index (χ1v) is 13.0. The Morgan fingerprint density at radius 1 is 1.00 bits per heavy atom. The number of benzene rings is 2. The van der Waals surface area contributed by atoms with E-state index in [1.807, 2.05) is 0 Å². The molecule has 13 heteroatoms. The molecule has 9 nitrogen and oxygen atoms in total. The van der Waals surface area contributed by atoms with Crippen molar-refractivity contribution in [1.82, 2.24) is 10.2 Å². The van der Waals surface area contributed by atoms with Gasteiger partial charge in [0.2, 0.25) is 5.89 Å². The lowest BCUT2D eigenvalue weighted by atomic mass is 10.1. The Labute approximate surface area is 208 Å². The van der Waals surface area contributed by atoms with Gasteiger partial charge in [-0.3, -0.25) is 9.59 Å². The van der Waals surface area contributed by atoms with Crippen molar-refractivity contribution in [2.45, 2.75) is 13.0 Å². The van der Waals surface area contributed by atoms with E-state index in [1.165, 1.54) is 17.0 Å². The molecular weight excluding hydrogens is 513 g/mol. The predicted octanol–water partition coefficient (Wildman–Crippen LogP) is 2.98. The Balaban J connectivity index is 1.50. The minimum Gasteiger partial charge on any atom is -0.415 e. The molecule has 1 aromatic heterocycles. The summed E-state index contributed by atoms with van der Waals surface area (Å²) in [6.45, 7) is -0.0143. The van der Waals surface area contributed by atoms with Gasteiger partial charge >= 0.3 is 6.43 Å². The highest BCUT2D eigenvalue weighted by molar-refractivity contribution is 7.91. The zero-order valence-corrected chi connectivity index (χ0v) is 19.9. The molecule has 0 amide bonds. The van der Waals surface area contributed by atoms with Gasteiger partial charge in [-0.25, -0.2) is 12.8 Å². The number of alkyl halides is 2. The number of rotatable bonds is 7. The molecule has 0 N–H and O–H groups in total. The zero-order valence-electron chi connectivity index (χ0n) is 19.1. The van der Waals surface area contributed by atoms with Gasteiger partial charge in [-0.15, -0.1) is 10.2 Å². The molecule has 0 atom stereocenters. The molecular formula is C24H19F3N4O5S. The molecule has 2 heterocycles. The molecule has 3 aromatic carbocycles. The molecule has 0 saturated carbocycles. The lowest BCUT2D eigenvalue weighted by Gasteiger charge is -2.35. The van der Waals surface area contributed by atoms with Gasteiger partial charge in [0, 0.05) is 29.9 Å². The number of halogens is 3. The van der Waals surface area contributed by atoms with Crippen molar-refractivity contribution in [2.75, 3.05) is 34.4 Å². The lowest BCUT2D eigenvalue weighted by molar-refractivity contribution is 0.116. The van der Waals surface area contributed by atoms with Crippen LogP contribution in [-0.4, -0.2) is 43.2 Å². The number of anilines is 3.